The monoisotopic (exact) mass is 322 g/mol. The van der Waals surface area contributed by atoms with E-state index >= 15 is 0 Å². The van der Waals surface area contributed by atoms with Gasteiger partial charge in [-0.25, -0.2) is 8.78 Å². The highest BCUT2D eigenvalue weighted by atomic mass is 79.9. The average molecular weight is 323 g/mol. The number of carbonyl (C=O) groups is 1. The Morgan fingerprint density at radius 2 is 1.94 bits per heavy atom. The minimum Gasteiger partial charge on any atom is -0.488 e. The first-order chi connectivity index (χ1) is 8.54. The summed E-state index contributed by atoms with van der Waals surface area (Å²) in [6, 6.07) is 2.23. The van der Waals surface area contributed by atoms with Crippen molar-refractivity contribution < 1.29 is 23.0 Å². The van der Waals surface area contributed by atoms with E-state index in [0.717, 1.165) is 12.1 Å². The van der Waals surface area contributed by atoms with Gasteiger partial charge in [0.05, 0.1) is 13.2 Å². The van der Waals surface area contributed by atoms with Crippen molar-refractivity contribution in [3.8, 4) is 5.75 Å². The number of hydrogen-bond donors (Lipinski definition) is 0. The molecule has 0 aliphatic carbocycles. The van der Waals surface area contributed by atoms with E-state index in [9.17, 15) is 13.6 Å². The Kier molecular flexibility index (Phi) is 6.04. The molecule has 0 bridgehead atoms. The van der Waals surface area contributed by atoms with E-state index in [4.69, 9.17) is 9.47 Å². The second-order valence-electron chi connectivity index (χ2n) is 3.46. The van der Waals surface area contributed by atoms with E-state index in [1.807, 2.05) is 0 Å². The molecule has 0 atom stereocenters. The lowest BCUT2D eigenvalue weighted by Crippen LogP contribution is -2.07. The molecule has 0 unspecified atom stereocenters. The molecule has 1 rings (SSSR count). The Morgan fingerprint density at radius 3 is 2.50 bits per heavy atom. The Morgan fingerprint density at radius 1 is 1.33 bits per heavy atom. The second-order valence-corrected chi connectivity index (χ2v) is 4.37. The lowest BCUT2D eigenvalue weighted by molar-refractivity contribution is -0.143. The topological polar surface area (TPSA) is 35.5 Å². The maximum absolute atomic E-state index is 13.3. The Hall–Kier alpha value is -1.17. The minimum atomic E-state index is -0.780. The van der Waals surface area contributed by atoms with Crippen LogP contribution in [0.5, 0.6) is 5.75 Å². The molecule has 100 valence electrons. The van der Waals surface area contributed by atoms with Crippen LogP contribution in [0, 0.1) is 11.6 Å². The fourth-order valence-electron chi connectivity index (χ4n) is 1.29. The van der Waals surface area contributed by atoms with Crippen molar-refractivity contribution in [2.75, 3.05) is 13.2 Å². The van der Waals surface area contributed by atoms with Gasteiger partial charge in [-0.3, -0.25) is 4.79 Å². The summed E-state index contributed by atoms with van der Waals surface area (Å²) in [5, 5.41) is 0. The highest BCUT2D eigenvalue weighted by molar-refractivity contribution is 9.10. The summed E-state index contributed by atoms with van der Waals surface area (Å²) in [6.45, 7) is 2.07. The first-order valence-corrected chi connectivity index (χ1v) is 6.27. The zero-order valence-corrected chi connectivity index (χ0v) is 11.4. The number of ether oxygens (including phenoxy) is 2. The van der Waals surface area contributed by atoms with Gasteiger partial charge in [-0.1, -0.05) is 15.9 Å². The quantitative estimate of drug-likeness (QED) is 0.594. The molecule has 0 radical (unpaired) electrons. The zero-order chi connectivity index (χ0) is 13.5. The molecule has 0 N–H and O–H groups in total. The standard InChI is InChI=1S/C12H13BrF2O3/c1-2-17-11(16)4-3-5-18-12-9(14)6-8(13)7-10(12)15/h6-7H,2-5H2,1H3. The van der Waals surface area contributed by atoms with Gasteiger partial charge in [0.15, 0.2) is 17.4 Å². The largest absolute Gasteiger partial charge is 0.488 e. The van der Waals surface area contributed by atoms with Gasteiger partial charge in [0, 0.05) is 10.9 Å². The number of hydrogen-bond acceptors (Lipinski definition) is 3. The molecule has 6 heteroatoms. The highest BCUT2D eigenvalue weighted by Crippen LogP contribution is 2.25. The van der Waals surface area contributed by atoms with Gasteiger partial charge in [0.25, 0.3) is 0 Å². The van der Waals surface area contributed by atoms with Crippen LogP contribution in [0.4, 0.5) is 8.78 Å². The number of halogens is 3. The number of carbonyl (C=O) groups excluding carboxylic acids is 1. The van der Waals surface area contributed by atoms with Crippen molar-refractivity contribution in [3.63, 3.8) is 0 Å². The van der Waals surface area contributed by atoms with Crippen molar-refractivity contribution in [1.29, 1.82) is 0 Å². The molecule has 0 aromatic heterocycles. The molecule has 0 heterocycles. The first-order valence-electron chi connectivity index (χ1n) is 5.47. The van der Waals surface area contributed by atoms with Crippen LogP contribution in [0.3, 0.4) is 0 Å². The van der Waals surface area contributed by atoms with Gasteiger partial charge in [0.2, 0.25) is 0 Å². The maximum Gasteiger partial charge on any atom is 0.305 e. The van der Waals surface area contributed by atoms with Gasteiger partial charge in [0.1, 0.15) is 0 Å². The van der Waals surface area contributed by atoms with E-state index in [-0.39, 0.29) is 19.0 Å². The fourth-order valence-corrected chi connectivity index (χ4v) is 1.69. The molecule has 0 aliphatic rings. The summed E-state index contributed by atoms with van der Waals surface area (Å²) in [6.07, 6.45) is 0.501. The van der Waals surface area contributed by atoms with Crippen LogP contribution in [0.15, 0.2) is 16.6 Å². The Balaban J connectivity index is 2.42. The van der Waals surface area contributed by atoms with Crippen LogP contribution in [-0.2, 0) is 9.53 Å². The molecule has 3 nitrogen and oxygen atoms in total. The highest BCUT2D eigenvalue weighted by Gasteiger charge is 2.12. The molecular formula is C12H13BrF2O3. The molecule has 0 aliphatic heterocycles. The van der Waals surface area contributed by atoms with Crippen molar-refractivity contribution in [1.82, 2.24) is 0 Å². The van der Waals surface area contributed by atoms with E-state index in [0.29, 0.717) is 17.5 Å². The molecule has 0 spiro atoms. The Labute approximate surface area is 112 Å². The Bertz CT molecular complexity index is 401. The summed E-state index contributed by atoms with van der Waals surface area (Å²) in [4.78, 5) is 11.0. The summed E-state index contributed by atoms with van der Waals surface area (Å²) in [7, 11) is 0. The number of esters is 1. The SMILES string of the molecule is CCOC(=O)CCCOc1c(F)cc(Br)cc1F. The van der Waals surface area contributed by atoms with Crippen LogP contribution in [-0.4, -0.2) is 19.2 Å². The molecule has 1 aromatic rings. The molecule has 0 saturated carbocycles. The number of benzene rings is 1. The maximum atomic E-state index is 13.3. The summed E-state index contributed by atoms with van der Waals surface area (Å²) in [5.74, 6) is -2.34. The first kappa shape index (κ1) is 14.9. The van der Waals surface area contributed by atoms with E-state index in [1.54, 1.807) is 6.92 Å². The van der Waals surface area contributed by atoms with E-state index < -0.39 is 17.4 Å². The van der Waals surface area contributed by atoms with Gasteiger partial charge in [-0.2, -0.15) is 0 Å². The summed E-state index contributed by atoms with van der Waals surface area (Å²) < 4.78 is 36.6. The third-order valence-electron chi connectivity index (χ3n) is 2.04. The lowest BCUT2D eigenvalue weighted by atomic mass is 10.3. The van der Waals surface area contributed by atoms with Crippen molar-refractivity contribution >= 4 is 21.9 Å². The number of rotatable bonds is 6. The van der Waals surface area contributed by atoms with Gasteiger partial charge >= 0.3 is 5.97 Å². The molecular weight excluding hydrogens is 310 g/mol. The van der Waals surface area contributed by atoms with Gasteiger partial charge in [-0.15, -0.1) is 0 Å². The fraction of sp³-hybridized carbons (Fsp3) is 0.417. The smallest absolute Gasteiger partial charge is 0.305 e. The van der Waals surface area contributed by atoms with Gasteiger partial charge < -0.3 is 9.47 Å². The average Bonchev–Trinajstić information content (AvgIpc) is 2.27. The van der Waals surface area contributed by atoms with E-state index in [2.05, 4.69) is 15.9 Å². The zero-order valence-electron chi connectivity index (χ0n) is 9.84. The van der Waals surface area contributed by atoms with Crippen LogP contribution < -0.4 is 4.74 Å². The van der Waals surface area contributed by atoms with Crippen LogP contribution in [0.1, 0.15) is 19.8 Å². The van der Waals surface area contributed by atoms with Crippen molar-refractivity contribution in [2.45, 2.75) is 19.8 Å². The lowest BCUT2D eigenvalue weighted by Gasteiger charge is -2.08. The van der Waals surface area contributed by atoms with E-state index in [1.165, 1.54) is 0 Å². The van der Waals surface area contributed by atoms with Crippen LogP contribution in [0.2, 0.25) is 0 Å². The van der Waals surface area contributed by atoms with Crippen LogP contribution >= 0.6 is 15.9 Å². The van der Waals surface area contributed by atoms with Crippen molar-refractivity contribution in [2.24, 2.45) is 0 Å². The minimum absolute atomic E-state index is 0.0499. The molecule has 0 fully saturated rings. The third-order valence-corrected chi connectivity index (χ3v) is 2.50. The van der Waals surface area contributed by atoms with Crippen molar-refractivity contribution in [3.05, 3.63) is 28.2 Å². The molecule has 18 heavy (non-hydrogen) atoms. The van der Waals surface area contributed by atoms with Gasteiger partial charge in [-0.05, 0) is 25.5 Å². The third kappa shape index (κ3) is 4.60. The second kappa shape index (κ2) is 7.31. The summed E-state index contributed by atoms with van der Waals surface area (Å²) in [5.41, 5.74) is 0. The molecule has 0 amide bonds. The van der Waals surface area contributed by atoms with Crippen LogP contribution in [0.25, 0.3) is 0 Å². The predicted molar refractivity (Wildman–Crippen MR) is 65.4 cm³/mol. The summed E-state index contributed by atoms with van der Waals surface area (Å²) >= 11 is 2.97. The normalized spacial score (nSPS) is 10.2. The predicted octanol–water partition coefficient (Wildman–Crippen LogP) is 3.45. The molecule has 0 saturated heterocycles. The molecule has 1 aromatic carbocycles.